The van der Waals surface area contributed by atoms with E-state index in [0.717, 1.165) is 36.5 Å². The molecular weight excluding hydrogens is 241 g/mol. The molecule has 0 aliphatic rings. The lowest BCUT2D eigenvalue weighted by atomic mass is 10.1. The zero-order valence-corrected chi connectivity index (χ0v) is 11.7. The molecule has 4 heteroatoms. The predicted octanol–water partition coefficient (Wildman–Crippen LogP) is 2.86. The van der Waals surface area contributed by atoms with Crippen molar-refractivity contribution in [2.45, 2.75) is 33.2 Å². The smallest absolute Gasteiger partial charge is 0.125 e. The van der Waals surface area contributed by atoms with Crippen molar-refractivity contribution in [3.63, 3.8) is 0 Å². The molecule has 0 saturated carbocycles. The van der Waals surface area contributed by atoms with Crippen LogP contribution in [0.4, 0.5) is 4.39 Å². The molecule has 2 aromatic rings. The third-order valence-corrected chi connectivity index (χ3v) is 3.25. The Kier molecular flexibility index (Phi) is 4.32. The highest BCUT2D eigenvalue weighted by Crippen LogP contribution is 2.20. The minimum atomic E-state index is -0.233. The van der Waals surface area contributed by atoms with Gasteiger partial charge in [0.05, 0.1) is 11.4 Å². The van der Waals surface area contributed by atoms with Gasteiger partial charge in [-0.2, -0.15) is 5.10 Å². The van der Waals surface area contributed by atoms with Crippen LogP contribution in [0.2, 0.25) is 0 Å². The van der Waals surface area contributed by atoms with E-state index in [0.29, 0.717) is 0 Å². The molecule has 1 aromatic carbocycles. The van der Waals surface area contributed by atoms with Gasteiger partial charge >= 0.3 is 0 Å². The fourth-order valence-corrected chi connectivity index (χ4v) is 2.39. The van der Waals surface area contributed by atoms with Crippen molar-refractivity contribution >= 4 is 0 Å². The number of benzene rings is 1. The van der Waals surface area contributed by atoms with Gasteiger partial charge < -0.3 is 5.32 Å². The molecule has 1 heterocycles. The summed E-state index contributed by atoms with van der Waals surface area (Å²) in [5, 5.41) is 7.82. The van der Waals surface area contributed by atoms with Crippen molar-refractivity contribution < 1.29 is 4.39 Å². The Morgan fingerprint density at radius 3 is 2.63 bits per heavy atom. The second-order valence-corrected chi connectivity index (χ2v) is 4.50. The van der Waals surface area contributed by atoms with E-state index in [9.17, 15) is 4.39 Å². The van der Waals surface area contributed by atoms with E-state index in [2.05, 4.69) is 24.3 Å². The summed E-state index contributed by atoms with van der Waals surface area (Å²) in [5.41, 5.74) is 4.25. The van der Waals surface area contributed by atoms with Gasteiger partial charge in [0.15, 0.2) is 0 Å². The number of rotatable bonds is 5. The zero-order chi connectivity index (χ0) is 13.8. The summed E-state index contributed by atoms with van der Waals surface area (Å²) < 4.78 is 15.2. The number of halogens is 1. The second kappa shape index (κ2) is 5.97. The average molecular weight is 261 g/mol. The molecule has 2 rings (SSSR count). The highest BCUT2D eigenvalue weighted by atomic mass is 19.1. The summed E-state index contributed by atoms with van der Waals surface area (Å²) in [5.74, 6) is -0.233. The molecule has 102 valence electrons. The van der Waals surface area contributed by atoms with Crippen molar-refractivity contribution in [3.05, 3.63) is 47.0 Å². The number of aromatic nitrogens is 2. The first-order valence-electron chi connectivity index (χ1n) is 6.71. The van der Waals surface area contributed by atoms with E-state index >= 15 is 0 Å². The van der Waals surface area contributed by atoms with E-state index in [1.807, 2.05) is 17.8 Å². The van der Waals surface area contributed by atoms with Gasteiger partial charge in [-0.05, 0) is 38.1 Å². The fourth-order valence-electron chi connectivity index (χ4n) is 2.39. The highest BCUT2D eigenvalue weighted by molar-refractivity contribution is 5.38. The van der Waals surface area contributed by atoms with Crippen LogP contribution in [0.3, 0.4) is 0 Å². The normalized spacial score (nSPS) is 10.9. The van der Waals surface area contributed by atoms with E-state index in [1.165, 1.54) is 17.7 Å². The first kappa shape index (κ1) is 13.7. The van der Waals surface area contributed by atoms with Gasteiger partial charge in [-0.25, -0.2) is 9.07 Å². The van der Waals surface area contributed by atoms with Crippen molar-refractivity contribution in [1.82, 2.24) is 15.1 Å². The van der Waals surface area contributed by atoms with Gasteiger partial charge in [-0.3, -0.25) is 0 Å². The lowest BCUT2D eigenvalue weighted by Gasteiger charge is -2.07. The maximum Gasteiger partial charge on any atom is 0.125 e. The molecule has 0 aliphatic carbocycles. The topological polar surface area (TPSA) is 29.9 Å². The Morgan fingerprint density at radius 2 is 2.05 bits per heavy atom. The number of hydrogen-bond donors (Lipinski definition) is 1. The maximum atomic E-state index is 13.4. The minimum absolute atomic E-state index is 0.233. The Hall–Kier alpha value is -1.68. The Labute approximate surface area is 113 Å². The lowest BCUT2D eigenvalue weighted by Crippen LogP contribution is -2.09. The van der Waals surface area contributed by atoms with Gasteiger partial charge in [0.2, 0.25) is 0 Å². The molecule has 1 aromatic heterocycles. The molecule has 0 radical (unpaired) electrons. The van der Waals surface area contributed by atoms with E-state index in [-0.39, 0.29) is 5.82 Å². The quantitative estimate of drug-likeness (QED) is 0.897. The molecule has 0 atom stereocenters. The summed E-state index contributed by atoms with van der Waals surface area (Å²) in [6.45, 7) is 4.99. The largest absolute Gasteiger partial charge is 0.316 e. The predicted molar refractivity (Wildman–Crippen MR) is 75.0 cm³/mol. The molecule has 1 N–H and O–H groups in total. The Bertz CT molecular complexity index is 561. The van der Waals surface area contributed by atoms with Crippen LogP contribution in [0.5, 0.6) is 0 Å². The van der Waals surface area contributed by atoms with Crippen LogP contribution in [0, 0.1) is 5.82 Å². The number of aryl methyl sites for hydroxylation is 1. The molecule has 0 saturated heterocycles. The van der Waals surface area contributed by atoms with Crippen LogP contribution in [-0.2, 0) is 19.4 Å². The van der Waals surface area contributed by atoms with Crippen LogP contribution in [-0.4, -0.2) is 16.8 Å². The van der Waals surface area contributed by atoms with E-state index in [4.69, 9.17) is 0 Å². The van der Waals surface area contributed by atoms with Crippen LogP contribution in [0.1, 0.15) is 30.8 Å². The third-order valence-electron chi connectivity index (χ3n) is 3.25. The van der Waals surface area contributed by atoms with Gasteiger partial charge in [-0.15, -0.1) is 0 Å². The Balaban J connectivity index is 2.56. The van der Waals surface area contributed by atoms with Crippen molar-refractivity contribution in [2.75, 3.05) is 7.05 Å². The van der Waals surface area contributed by atoms with Gasteiger partial charge in [0.25, 0.3) is 0 Å². The SMILES string of the molecule is CCc1nn(-c2cccc(F)c2)c(CC)c1CNC. The number of nitrogens with one attached hydrogen (secondary N) is 1. The van der Waals surface area contributed by atoms with Gasteiger partial charge in [0, 0.05) is 17.8 Å². The molecule has 0 aliphatic heterocycles. The third kappa shape index (κ3) is 2.68. The average Bonchev–Trinajstić information content (AvgIpc) is 2.77. The molecule has 0 spiro atoms. The monoisotopic (exact) mass is 261 g/mol. The molecule has 0 bridgehead atoms. The molecule has 0 unspecified atom stereocenters. The minimum Gasteiger partial charge on any atom is -0.316 e. The standard InChI is InChI=1S/C15H20FN3/c1-4-14-13(10-17-3)15(5-2)19(18-14)12-8-6-7-11(16)9-12/h6-9,17H,4-5,10H2,1-3H3. The fraction of sp³-hybridized carbons (Fsp3) is 0.400. The summed E-state index contributed by atoms with van der Waals surface area (Å²) in [6, 6.07) is 6.58. The lowest BCUT2D eigenvalue weighted by molar-refractivity contribution is 0.624. The summed E-state index contributed by atoms with van der Waals surface area (Å²) in [6.07, 6.45) is 1.76. The van der Waals surface area contributed by atoms with E-state index < -0.39 is 0 Å². The number of nitrogens with zero attached hydrogens (tertiary/aromatic N) is 2. The highest BCUT2D eigenvalue weighted by Gasteiger charge is 2.15. The summed E-state index contributed by atoms with van der Waals surface area (Å²) >= 11 is 0. The molecule has 0 amide bonds. The molecule has 19 heavy (non-hydrogen) atoms. The molecule has 3 nitrogen and oxygen atoms in total. The first-order valence-corrected chi connectivity index (χ1v) is 6.71. The van der Waals surface area contributed by atoms with E-state index in [1.54, 1.807) is 6.07 Å². The van der Waals surface area contributed by atoms with Crippen molar-refractivity contribution in [3.8, 4) is 5.69 Å². The first-order chi connectivity index (χ1) is 9.21. The molecular formula is C15H20FN3. The van der Waals surface area contributed by atoms with Crippen LogP contribution < -0.4 is 5.32 Å². The van der Waals surface area contributed by atoms with Crippen LogP contribution in [0.15, 0.2) is 24.3 Å². The molecule has 0 fully saturated rings. The Morgan fingerprint density at radius 1 is 1.26 bits per heavy atom. The number of hydrogen-bond acceptors (Lipinski definition) is 2. The zero-order valence-electron chi connectivity index (χ0n) is 11.7. The maximum absolute atomic E-state index is 13.4. The summed E-state index contributed by atoms with van der Waals surface area (Å²) in [7, 11) is 1.93. The second-order valence-electron chi connectivity index (χ2n) is 4.50. The van der Waals surface area contributed by atoms with Gasteiger partial charge in [-0.1, -0.05) is 19.9 Å². The van der Waals surface area contributed by atoms with Crippen molar-refractivity contribution in [1.29, 1.82) is 0 Å². The van der Waals surface area contributed by atoms with Crippen LogP contribution in [0.25, 0.3) is 5.69 Å². The van der Waals surface area contributed by atoms with Crippen LogP contribution >= 0.6 is 0 Å². The van der Waals surface area contributed by atoms with Crippen molar-refractivity contribution in [2.24, 2.45) is 0 Å². The summed E-state index contributed by atoms with van der Waals surface area (Å²) in [4.78, 5) is 0. The van der Waals surface area contributed by atoms with Gasteiger partial charge in [0.1, 0.15) is 5.82 Å².